The van der Waals surface area contributed by atoms with E-state index in [0.717, 1.165) is 35.2 Å². The van der Waals surface area contributed by atoms with Gasteiger partial charge in [-0.2, -0.15) is 0 Å². The average Bonchev–Trinajstić information content (AvgIpc) is 3.01. The van der Waals surface area contributed by atoms with Crippen LogP contribution in [0, 0.1) is 27.7 Å². The van der Waals surface area contributed by atoms with E-state index in [9.17, 15) is 0 Å². The number of halogens is 2. The first-order valence-electron chi connectivity index (χ1n) is 15.6. The molecule has 6 aromatic rings. The van der Waals surface area contributed by atoms with Gasteiger partial charge in [0.2, 0.25) is 0 Å². The van der Waals surface area contributed by atoms with Crippen LogP contribution in [-0.2, 0) is 0 Å². The van der Waals surface area contributed by atoms with Crippen molar-refractivity contribution in [1.82, 2.24) is 9.97 Å². The Kier molecular flexibility index (Phi) is 11.3. The summed E-state index contributed by atoms with van der Waals surface area (Å²) in [6.45, 7) is 10.7. The van der Waals surface area contributed by atoms with E-state index in [0.29, 0.717) is 0 Å². The Morgan fingerprint density at radius 2 is 0.841 bits per heavy atom. The number of nitrogens with one attached hydrogen (secondary N) is 2. The second-order valence-electron chi connectivity index (χ2n) is 11.8. The predicted octanol–water partition coefficient (Wildman–Crippen LogP) is 11.0. The Balaban J connectivity index is 0.00000221. The average molecular weight is 628 g/mol. The van der Waals surface area contributed by atoms with E-state index >= 15 is 0 Å². The van der Waals surface area contributed by atoms with Crippen molar-refractivity contribution in [3.05, 3.63) is 95.1 Å². The maximum atomic E-state index is 5.00. The molecule has 6 rings (SSSR count). The van der Waals surface area contributed by atoms with Crippen molar-refractivity contribution >= 4 is 79.8 Å². The molecule has 0 aliphatic rings. The van der Waals surface area contributed by atoms with Crippen LogP contribution in [0.1, 0.15) is 60.8 Å². The van der Waals surface area contributed by atoms with Gasteiger partial charge in [-0.25, -0.2) is 9.97 Å². The third-order valence-corrected chi connectivity index (χ3v) is 8.96. The lowest BCUT2D eigenvalue weighted by Crippen LogP contribution is -2.05. The van der Waals surface area contributed by atoms with Gasteiger partial charge in [-0.05, 0) is 74.9 Å². The lowest BCUT2D eigenvalue weighted by Gasteiger charge is -2.15. The van der Waals surface area contributed by atoms with Gasteiger partial charge in [-0.1, -0.05) is 86.3 Å². The molecule has 0 bridgehead atoms. The van der Waals surface area contributed by atoms with E-state index in [2.05, 4.69) is 111 Å². The zero-order chi connectivity index (χ0) is 29.1. The van der Waals surface area contributed by atoms with Crippen LogP contribution >= 0.6 is 24.8 Å². The molecule has 0 fully saturated rings. The van der Waals surface area contributed by atoms with Crippen molar-refractivity contribution in [2.45, 2.75) is 66.2 Å². The van der Waals surface area contributed by atoms with Crippen LogP contribution in [0.3, 0.4) is 0 Å². The fourth-order valence-electron chi connectivity index (χ4n) is 6.15. The summed E-state index contributed by atoms with van der Waals surface area (Å²) in [5.41, 5.74) is 11.9. The van der Waals surface area contributed by atoms with Crippen molar-refractivity contribution in [3.8, 4) is 0 Å². The molecule has 230 valence electrons. The Morgan fingerprint density at radius 3 is 1.27 bits per heavy atom. The van der Waals surface area contributed by atoms with Gasteiger partial charge in [-0.15, -0.1) is 24.8 Å². The van der Waals surface area contributed by atoms with E-state index in [1.807, 2.05) is 0 Å². The maximum absolute atomic E-state index is 5.00. The van der Waals surface area contributed by atoms with Crippen LogP contribution in [0.5, 0.6) is 0 Å². The molecule has 0 aliphatic carbocycles. The minimum Gasteiger partial charge on any atom is -0.384 e. The fraction of sp³-hybridized carbons (Fsp3) is 0.316. The van der Waals surface area contributed by atoms with Gasteiger partial charge in [0.25, 0.3) is 0 Å². The third-order valence-electron chi connectivity index (χ3n) is 8.96. The number of hydrogen-bond donors (Lipinski definition) is 2. The molecule has 2 N–H and O–H groups in total. The van der Waals surface area contributed by atoms with Crippen molar-refractivity contribution in [3.63, 3.8) is 0 Å². The second kappa shape index (κ2) is 14.9. The number of anilines is 2. The smallest absolute Gasteiger partial charge is 0.0762 e. The number of pyridine rings is 2. The summed E-state index contributed by atoms with van der Waals surface area (Å²) in [6.07, 6.45) is 7.40. The van der Waals surface area contributed by atoms with Crippen molar-refractivity contribution in [2.24, 2.45) is 0 Å². The summed E-state index contributed by atoms with van der Waals surface area (Å²) >= 11 is 0. The van der Waals surface area contributed by atoms with Gasteiger partial charge < -0.3 is 10.6 Å². The Morgan fingerprint density at radius 1 is 0.455 bits per heavy atom. The lowest BCUT2D eigenvalue weighted by atomic mass is 10.0. The highest BCUT2D eigenvalue weighted by molar-refractivity contribution is 6.09. The fourth-order valence-corrected chi connectivity index (χ4v) is 6.15. The van der Waals surface area contributed by atoms with Crippen molar-refractivity contribution in [2.75, 3.05) is 23.7 Å². The topological polar surface area (TPSA) is 49.8 Å². The first-order chi connectivity index (χ1) is 20.5. The summed E-state index contributed by atoms with van der Waals surface area (Å²) in [7, 11) is 0. The molecule has 0 saturated carbocycles. The molecular formula is C38H44Cl2N4. The normalized spacial score (nSPS) is 11.1. The molecule has 44 heavy (non-hydrogen) atoms. The van der Waals surface area contributed by atoms with Crippen LogP contribution in [0.25, 0.3) is 43.6 Å². The molecule has 0 amide bonds. The lowest BCUT2D eigenvalue weighted by molar-refractivity contribution is 0.610. The highest BCUT2D eigenvalue weighted by Crippen LogP contribution is 2.34. The molecule has 0 saturated heterocycles. The van der Waals surface area contributed by atoms with Crippen LogP contribution in [-0.4, -0.2) is 23.1 Å². The largest absolute Gasteiger partial charge is 0.384 e. The van der Waals surface area contributed by atoms with Gasteiger partial charge in [0.05, 0.1) is 33.4 Å². The molecule has 0 atom stereocenters. The first-order valence-corrected chi connectivity index (χ1v) is 15.6. The third kappa shape index (κ3) is 6.72. The van der Waals surface area contributed by atoms with E-state index in [4.69, 9.17) is 9.97 Å². The molecule has 6 heteroatoms. The predicted molar refractivity (Wildman–Crippen MR) is 197 cm³/mol. The van der Waals surface area contributed by atoms with Crippen LogP contribution in [0.15, 0.2) is 72.8 Å². The van der Waals surface area contributed by atoms with Crippen molar-refractivity contribution < 1.29 is 0 Å². The van der Waals surface area contributed by atoms with E-state index in [1.165, 1.54) is 93.7 Å². The maximum Gasteiger partial charge on any atom is 0.0762 e. The van der Waals surface area contributed by atoms with Crippen LogP contribution in [0.4, 0.5) is 11.4 Å². The number of para-hydroxylation sites is 2. The SMILES string of the molecule is Cc1ccc2c(NCCCCCCCCNc3c4ccccc4nc4c(C)c(C)ccc34)c3ccccc3nc2c1C.Cl.Cl. The minimum absolute atomic E-state index is 0. The summed E-state index contributed by atoms with van der Waals surface area (Å²) < 4.78 is 0. The van der Waals surface area contributed by atoms with Crippen LogP contribution < -0.4 is 10.6 Å². The number of benzene rings is 4. The van der Waals surface area contributed by atoms with Gasteiger partial charge >= 0.3 is 0 Å². The Bertz CT molecular complexity index is 1760. The molecule has 4 nitrogen and oxygen atoms in total. The van der Waals surface area contributed by atoms with Crippen molar-refractivity contribution in [1.29, 1.82) is 0 Å². The molecule has 2 heterocycles. The Hall–Kier alpha value is -3.60. The van der Waals surface area contributed by atoms with E-state index in [1.54, 1.807) is 0 Å². The van der Waals surface area contributed by atoms with E-state index < -0.39 is 0 Å². The van der Waals surface area contributed by atoms with Gasteiger partial charge in [0.15, 0.2) is 0 Å². The molecule has 0 aliphatic heterocycles. The number of aromatic nitrogens is 2. The number of rotatable bonds is 11. The second-order valence-corrected chi connectivity index (χ2v) is 11.8. The Labute approximate surface area is 273 Å². The van der Waals surface area contributed by atoms with Gasteiger partial charge in [0.1, 0.15) is 0 Å². The summed E-state index contributed by atoms with van der Waals surface area (Å²) in [5, 5.41) is 12.4. The highest BCUT2D eigenvalue weighted by Gasteiger charge is 2.13. The minimum atomic E-state index is 0. The number of hydrogen-bond acceptors (Lipinski definition) is 4. The van der Waals surface area contributed by atoms with Gasteiger partial charge in [-0.3, -0.25) is 0 Å². The molecule has 2 aromatic heterocycles. The monoisotopic (exact) mass is 626 g/mol. The summed E-state index contributed by atoms with van der Waals surface area (Å²) in [5.74, 6) is 0. The first kappa shape index (κ1) is 33.3. The van der Waals surface area contributed by atoms with E-state index in [-0.39, 0.29) is 24.8 Å². The molecule has 0 radical (unpaired) electrons. The molecular weight excluding hydrogens is 583 g/mol. The number of unbranched alkanes of at least 4 members (excludes halogenated alkanes) is 5. The van der Waals surface area contributed by atoms with Crippen LogP contribution in [0.2, 0.25) is 0 Å². The standard InChI is InChI=1S/C38H42N4.2ClH/c1-25-19-21-31-35(27(25)3)41-33-17-11-9-15-29(33)37(31)39-23-13-7-5-6-8-14-24-40-38-30-16-10-12-18-34(30)42-36-28(4)26(2)20-22-32(36)38;;/h9-12,15-22H,5-8,13-14,23-24H2,1-4H3,(H,39,41)(H,40,42);2*1H. The quantitative estimate of drug-likeness (QED) is 0.111. The molecule has 0 spiro atoms. The summed E-state index contributed by atoms with van der Waals surface area (Å²) in [6, 6.07) is 25.9. The highest BCUT2D eigenvalue weighted by atomic mass is 35.5. The number of aryl methyl sites for hydroxylation is 4. The molecule has 0 unspecified atom stereocenters. The zero-order valence-corrected chi connectivity index (χ0v) is 27.9. The number of nitrogens with zero attached hydrogens (tertiary/aromatic N) is 2. The zero-order valence-electron chi connectivity index (χ0n) is 26.3. The van der Waals surface area contributed by atoms with Gasteiger partial charge in [0, 0.05) is 34.6 Å². The number of fused-ring (bicyclic) bond motifs is 4. The molecule has 4 aromatic carbocycles. The summed E-state index contributed by atoms with van der Waals surface area (Å²) in [4.78, 5) is 10.00.